The third kappa shape index (κ3) is 4.28. The molecule has 1 heterocycles. The summed E-state index contributed by atoms with van der Waals surface area (Å²) in [6.07, 6.45) is 3.08. The molecule has 0 spiro atoms. The minimum absolute atomic E-state index is 0.213. The topological polar surface area (TPSA) is 43.8 Å². The Hall–Kier alpha value is 0. The SMILES string of the molecule is CCCSCC(N)Cc1c(Br)c(CC)nn1CC. The molecule has 0 aliphatic carbocycles. The first-order valence-corrected chi connectivity index (χ1v) is 8.66. The molecule has 0 aliphatic rings. The molecule has 1 rings (SSSR count). The summed E-state index contributed by atoms with van der Waals surface area (Å²) in [7, 11) is 0. The fourth-order valence-corrected chi connectivity index (χ4v) is 3.50. The second kappa shape index (κ2) is 8.23. The fourth-order valence-electron chi connectivity index (χ4n) is 1.90. The minimum Gasteiger partial charge on any atom is -0.327 e. The average molecular weight is 334 g/mol. The lowest BCUT2D eigenvalue weighted by Crippen LogP contribution is -2.27. The highest BCUT2D eigenvalue weighted by Gasteiger charge is 2.16. The van der Waals surface area contributed by atoms with Crippen LogP contribution in [0.1, 0.15) is 38.6 Å². The molecule has 0 saturated carbocycles. The zero-order chi connectivity index (χ0) is 13.5. The molecule has 0 aliphatic heterocycles. The third-order valence-corrected chi connectivity index (χ3v) is 5.11. The Morgan fingerprint density at radius 3 is 2.67 bits per heavy atom. The maximum Gasteiger partial charge on any atom is 0.0766 e. The highest BCUT2D eigenvalue weighted by atomic mass is 79.9. The predicted octanol–water partition coefficient (Wildman–Crippen LogP) is 3.24. The predicted molar refractivity (Wildman–Crippen MR) is 84.3 cm³/mol. The van der Waals surface area contributed by atoms with Crippen LogP contribution in [0.15, 0.2) is 4.47 Å². The molecule has 5 heteroatoms. The Bertz CT molecular complexity index is 365. The van der Waals surface area contributed by atoms with Crippen LogP contribution in [-0.2, 0) is 19.4 Å². The van der Waals surface area contributed by atoms with E-state index in [4.69, 9.17) is 5.73 Å². The van der Waals surface area contributed by atoms with E-state index in [0.29, 0.717) is 0 Å². The Morgan fingerprint density at radius 2 is 2.11 bits per heavy atom. The van der Waals surface area contributed by atoms with Crippen molar-refractivity contribution in [1.82, 2.24) is 9.78 Å². The van der Waals surface area contributed by atoms with Gasteiger partial charge in [-0.15, -0.1) is 0 Å². The summed E-state index contributed by atoms with van der Waals surface area (Å²) in [6, 6.07) is 0.213. The van der Waals surface area contributed by atoms with E-state index in [1.54, 1.807) is 0 Å². The second-order valence-corrected chi connectivity index (χ2v) is 6.36. The number of nitrogens with two attached hydrogens (primary N) is 1. The number of halogens is 1. The van der Waals surface area contributed by atoms with Gasteiger partial charge < -0.3 is 5.73 Å². The lowest BCUT2D eigenvalue weighted by atomic mass is 10.2. The van der Waals surface area contributed by atoms with Gasteiger partial charge >= 0.3 is 0 Å². The number of hydrogen-bond acceptors (Lipinski definition) is 3. The molecule has 2 N–H and O–H groups in total. The number of nitrogens with zero attached hydrogens (tertiary/aromatic N) is 2. The molecule has 0 saturated heterocycles. The van der Waals surface area contributed by atoms with Crippen molar-refractivity contribution in [1.29, 1.82) is 0 Å². The van der Waals surface area contributed by atoms with E-state index < -0.39 is 0 Å². The van der Waals surface area contributed by atoms with Crippen molar-refractivity contribution in [2.45, 2.75) is 52.6 Å². The standard InChI is InChI=1S/C13H24BrN3S/c1-4-7-18-9-10(15)8-12-13(14)11(5-2)16-17(12)6-3/h10H,4-9,15H2,1-3H3. The smallest absolute Gasteiger partial charge is 0.0766 e. The quantitative estimate of drug-likeness (QED) is 0.742. The third-order valence-electron chi connectivity index (χ3n) is 2.83. The van der Waals surface area contributed by atoms with Crippen LogP contribution in [0.3, 0.4) is 0 Å². The Kier molecular flexibility index (Phi) is 7.34. The fraction of sp³-hybridized carbons (Fsp3) is 0.769. The summed E-state index contributed by atoms with van der Waals surface area (Å²) in [5.41, 5.74) is 8.60. The molecule has 1 atom stereocenters. The highest BCUT2D eigenvalue weighted by molar-refractivity contribution is 9.10. The molecule has 0 radical (unpaired) electrons. The highest BCUT2D eigenvalue weighted by Crippen LogP contribution is 2.23. The molecular formula is C13H24BrN3S. The summed E-state index contributed by atoms with van der Waals surface area (Å²) in [4.78, 5) is 0. The van der Waals surface area contributed by atoms with E-state index in [1.165, 1.54) is 17.9 Å². The van der Waals surface area contributed by atoms with E-state index in [1.807, 2.05) is 11.8 Å². The number of aromatic nitrogens is 2. The summed E-state index contributed by atoms with van der Waals surface area (Å²) in [5, 5.41) is 4.60. The van der Waals surface area contributed by atoms with Crippen LogP contribution in [0.5, 0.6) is 0 Å². The lowest BCUT2D eigenvalue weighted by molar-refractivity contribution is 0.591. The van der Waals surface area contributed by atoms with Gasteiger partial charge in [0.1, 0.15) is 0 Å². The van der Waals surface area contributed by atoms with Crippen molar-refractivity contribution in [2.24, 2.45) is 5.73 Å². The van der Waals surface area contributed by atoms with E-state index >= 15 is 0 Å². The zero-order valence-electron chi connectivity index (χ0n) is 11.6. The Morgan fingerprint density at radius 1 is 1.39 bits per heavy atom. The van der Waals surface area contributed by atoms with Crippen molar-refractivity contribution in [3.05, 3.63) is 15.9 Å². The number of rotatable bonds is 8. The van der Waals surface area contributed by atoms with Crippen LogP contribution < -0.4 is 5.73 Å². The summed E-state index contributed by atoms with van der Waals surface area (Å²) in [6.45, 7) is 7.37. The molecule has 18 heavy (non-hydrogen) atoms. The maximum atomic E-state index is 6.21. The minimum atomic E-state index is 0.213. The summed E-state index contributed by atoms with van der Waals surface area (Å²) in [5.74, 6) is 2.22. The monoisotopic (exact) mass is 333 g/mol. The second-order valence-electron chi connectivity index (χ2n) is 4.42. The summed E-state index contributed by atoms with van der Waals surface area (Å²) >= 11 is 5.61. The molecule has 1 aromatic rings. The molecule has 0 amide bonds. The van der Waals surface area contributed by atoms with Crippen LogP contribution in [0.2, 0.25) is 0 Å². The van der Waals surface area contributed by atoms with Crippen molar-refractivity contribution >= 4 is 27.7 Å². The average Bonchev–Trinajstić information content (AvgIpc) is 2.66. The van der Waals surface area contributed by atoms with E-state index in [-0.39, 0.29) is 6.04 Å². The van der Waals surface area contributed by atoms with Gasteiger partial charge in [0.2, 0.25) is 0 Å². The van der Waals surface area contributed by atoms with Crippen molar-refractivity contribution in [2.75, 3.05) is 11.5 Å². The van der Waals surface area contributed by atoms with Crippen LogP contribution >= 0.6 is 27.7 Å². The Labute approximate surface area is 123 Å². The first kappa shape index (κ1) is 16.1. The van der Waals surface area contributed by atoms with Gasteiger partial charge in [-0.25, -0.2) is 0 Å². The van der Waals surface area contributed by atoms with Crippen LogP contribution in [0, 0.1) is 0 Å². The molecule has 1 unspecified atom stereocenters. The molecule has 1 aromatic heterocycles. The molecular weight excluding hydrogens is 310 g/mol. The van der Waals surface area contributed by atoms with Crippen LogP contribution in [0.4, 0.5) is 0 Å². The molecule has 0 bridgehead atoms. The van der Waals surface area contributed by atoms with E-state index in [9.17, 15) is 0 Å². The first-order chi connectivity index (χ1) is 8.63. The van der Waals surface area contributed by atoms with Crippen LogP contribution in [-0.4, -0.2) is 27.3 Å². The van der Waals surface area contributed by atoms with Gasteiger partial charge in [-0.3, -0.25) is 4.68 Å². The van der Waals surface area contributed by atoms with Gasteiger partial charge in [-0.1, -0.05) is 13.8 Å². The van der Waals surface area contributed by atoms with E-state index in [0.717, 1.165) is 35.3 Å². The summed E-state index contributed by atoms with van der Waals surface area (Å²) < 4.78 is 3.23. The largest absolute Gasteiger partial charge is 0.327 e. The first-order valence-electron chi connectivity index (χ1n) is 6.71. The lowest BCUT2D eigenvalue weighted by Gasteiger charge is -2.12. The van der Waals surface area contributed by atoms with Gasteiger partial charge in [-0.05, 0) is 41.4 Å². The number of aryl methyl sites for hydroxylation is 2. The van der Waals surface area contributed by atoms with Crippen molar-refractivity contribution < 1.29 is 0 Å². The van der Waals surface area contributed by atoms with Crippen molar-refractivity contribution in [3.8, 4) is 0 Å². The zero-order valence-corrected chi connectivity index (χ0v) is 14.0. The normalized spacial score (nSPS) is 12.9. The molecule has 0 fully saturated rings. The molecule has 3 nitrogen and oxygen atoms in total. The van der Waals surface area contributed by atoms with Gasteiger partial charge in [0.15, 0.2) is 0 Å². The number of thioether (sulfide) groups is 1. The van der Waals surface area contributed by atoms with E-state index in [2.05, 4.69) is 46.5 Å². The van der Waals surface area contributed by atoms with Gasteiger partial charge in [-0.2, -0.15) is 16.9 Å². The number of hydrogen-bond donors (Lipinski definition) is 1. The van der Waals surface area contributed by atoms with Crippen LogP contribution in [0.25, 0.3) is 0 Å². The molecule has 104 valence electrons. The molecule has 0 aromatic carbocycles. The maximum absolute atomic E-state index is 6.21. The van der Waals surface area contributed by atoms with Gasteiger partial charge in [0.25, 0.3) is 0 Å². The van der Waals surface area contributed by atoms with Gasteiger partial charge in [0, 0.05) is 24.8 Å². The van der Waals surface area contributed by atoms with Gasteiger partial charge in [0.05, 0.1) is 15.9 Å². The van der Waals surface area contributed by atoms with Crippen molar-refractivity contribution in [3.63, 3.8) is 0 Å². The Balaban J connectivity index is 2.67.